The van der Waals surface area contributed by atoms with Crippen molar-refractivity contribution in [2.75, 3.05) is 0 Å². The first-order valence-corrected chi connectivity index (χ1v) is 10.3. The van der Waals surface area contributed by atoms with E-state index >= 15 is 0 Å². The number of fused-ring (bicyclic) bond motifs is 1. The number of rotatable bonds is 7. The van der Waals surface area contributed by atoms with E-state index in [0.717, 1.165) is 16.7 Å². The Hall–Kier alpha value is -3.60. The highest BCUT2D eigenvalue weighted by molar-refractivity contribution is 5.64. The molecule has 0 fully saturated rings. The lowest BCUT2D eigenvalue weighted by atomic mass is 10.0. The van der Waals surface area contributed by atoms with Crippen LogP contribution in [0.4, 0.5) is 19.0 Å². The van der Waals surface area contributed by atoms with Gasteiger partial charge in [-0.05, 0) is 40.2 Å². The molecule has 0 spiro atoms. The van der Waals surface area contributed by atoms with E-state index in [9.17, 15) is 23.3 Å². The Labute approximate surface area is 187 Å². The van der Waals surface area contributed by atoms with Crippen LogP contribution < -0.4 is 14.8 Å². The van der Waals surface area contributed by atoms with Crippen molar-refractivity contribution in [2.24, 2.45) is 0 Å². The van der Waals surface area contributed by atoms with Gasteiger partial charge in [-0.2, -0.15) is 0 Å². The third-order valence-electron chi connectivity index (χ3n) is 5.36. The summed E-state index contributed by atoms with van der Waals surface area (Å²) in [6.07, 6.45) is -2.80. The van der Waals surface area contributed by atoms with Crippen LogP contribution >= 0.6 is 0 Å². The van der Waals surface area contributed by atoms with Crippen molar-refractivity contribution in [3.63, 3.8) is 0 Å². The molecular formula is C22H21F3N4O4. The number of aromatic nitrogens is 2. The fraction of sp³-hybridized carbons (Fsp3) is 0.318. The van der Waals surface area contributed by atoms with E-state index in [4.69, 9.17) is 4.74 Å². The predicted octanol–water partition coefficient (Wildman–Crippen LogP) is 4.69. The Morgan fingerprint density at radius 1 is 1.18 bits per heavy atom. The van der Waals surface area contributed by atoms with Gasteiger partial charge in [-0.25, -0.2) is 0 Å². The molecule has 1 aliphatic heterocycles. The molecule has 4 rings (SSSR count). The van der Waals surface area contributed by atoms with Crippen LogP contribution in [-0.2, 0) is 13.1 Å². The van der Waals surface area contributed by atoms with Gasteiger partial charge < -0.3 is 24.9 Å². The number of alkyl halides is 3. The number of nitrogens with one attached hydrogen (secondary N) is 1. The fourth-order valence-corrected chi connectivity index (χ4v) is 3.72. The normalized spacial score (nSPS) is 17.8. The molecule has 33 heavy (non-hydrogen) atoms. The molecule has 2 heterocycles. The largest absolute Gasteiger partial charge is 0.573 e. The average molecular weight is 462 g/mol. The molecule has 0 bridgehead atoms. The Morgan fingerprint density at radius 3 is 2.39 bits per heavy atom. The molecule has 174 valence electrons. The van der Waals surface area contributed by atoms with Crippen LogP contribution in [0.15, 0.2) is 54.7 Å². The lowest BCUT2D eigenvalue weighted by molar-refractivity contribution is -0.389. The van der Waals surface area contributed by atoms with Gasteiger partial charge in [0.2, 0.25) is 0 Å². The summed E-state index contributed by atoms with van der Waals surface area (Å²) in [6, 6.07) is 13.5. The molecule has 1 N–H and O–H groups in total. The summed E-state index contributed by atoms with van der Waals surface area (Å²) in [6.45, 7) is 3.03. The van der Waals surface area contributed by atoms with Crippen molar-refractivity contribution >= 4 is 5.82 Å². The SMILES string of the molecule is CCC1Oc2nc([N+](=O)[O-])cn2C[C@@H]1NCc1ccc(-c2ccc(OC(F)(F)F)cc2)cc1. The molecule has 0 aliphatic carbocycles. The van der Waals surface area contributed by atoms with E-state index in [-0.39, 0.29) is 29.7 Å². The zero-order chi connectivity index (χ0) is 23.6. The second-order valence-corrected chi connectivity index (χ2v) is 7.61. The van der Waals surface area contributed by atoms with Crippen molar-refractivity contribution in [1.29, 1.82) is 0 Å². The van der Waals surface area contributed by atoms with Crippen LogP contribution in [0.25, 0.3) is 11.1 Å². The standard InChI is InChI=1S/C22H21F3N4O4/c1-2-19-18(12-28-13-20(29(30)31)27-21(28)32-19)26-11-14-3-5-15(6-4-14)16-7-9-17(10-8-16)33-22(23,24)25/h3-10,13,18-19,26H,2,11-12H2,1H3/t18-,19?/m0/s1. The summed E-state index contributed by atoms with van der Waals surface area (Å²) in [5.74, 6) is -0.507. The Morgan fingerprint density at radius 2 is 1.82 bits per heavy atom. The molecular weight excluding hydrogens is 441 g/mol. The number of hydrogen-bond acceptors (Lipinski definition) is 6. The molecule has 11 heteroatoms. The minimum absolute atomic E-state index is 0.0582. The second-order valence-electron chi connectivity index (χ2n) is 7.61. The van der Waals surface area contributed by atoms with Gasteiger partial charge in [-0.3, -0.25) is 4.57 Å². The van der Waals surface area contributed by atoms with Crippen LogP contribution in [0.5, 0.6) is 11.8 Å². The Kier molecular flexibility index (Phi) is 6.23. The summed E-state index contributed by atoms with van der Waals surface area (Å²) in [5.41, 5.74) is 2.64. The van der Waals surface area contributed by atoms with Crippen molar-refractivity contribution in [1.82, 2.24) is 14.9 Å². The zero-order valence-electron chi connectivity index (χ0n) is 17.6. The summed E-state index contributed by atoms with van der Waals surface area (Å²) in [4.78, 5) is 14.3. The predicted molar refractivity (Wildman–Crippen MR) is 113 cm³/mol. The number of nitro groups is 1. The van der Waals surface area contributed by atoms with Crippen molar-refractivity contribution in [2.45, 2.75) is 44.9 Å². The van der Waals surface area contributed by atoms with Crippen molar-refractivity contribution in [3.05, 3.63) is 70.4 Å². The number of nitrogens with zero attached hydrogens (tertiary/aromatic N) is 3. The first-order chi connectivity index (χ1) is 15.7. The van der Waals surface area contributed by atoms with Gasteiger partial charge >= 0.3 is 18.2 Å². The monoisotopic (exact) mass is 462 g/mol. The number of ether oxygens (including phenoxy) is 2. The Bertz CT molecular complexity index is 1110. The molecule has 0 amide bonds. The molecule has 0 saturated carbocycles. The lowest BCUT2D eigenvalue weighted by Crippen LogP contribution is -2.48. The Balaban J connectivity index is 1.38. The molecule has 0 radical (unpaired) electrons. The van der Waals surface area contributed by atoms with Gasteiger partial charge in [0.1, 0.15) is 18.1 Å². The molecule has 3 aromatic rings. The minimum Gasteiger partial charge on any atom is -0.441 e. The molecule has 2 aromatic carbocycles. The highest BCUT2D eigenvalue weighted by Gasteiger charge is 2.34. The van der Waals surface area contributed by atoms with Crippen LogP contribution in [0.1, 0.15) is 18.9 Å². The summed E-state index contributed by atoms with van der Waals surface area (Å²) in [5, 5.41) is 14.4. The van der Waals surface area contributed by atoms with E-state index in [2.05, 4.69) is 15.0 Å². The van der Waals surface area contributed by atoms with Gasteiger partial charge in [-0.15, -0.1) is 13.2 Å². The molecule has 1 aliphatic rings. The third-order valence-corrected chi connectivity index (χ3v) is 5.36. The second kappa shape index (κ2) is 9.10. The molecule has 1 aromatic heterocycles. The van der Waals surface area contributed by atoms with Crippen LogP contribution in [0, 0.1) is 10.1 Å². The lowest BCUT2D eigenvalue weighted by Gasteiger charge is -2.31. The minimum atomic E-state index is -4.72. The number of imidazole rings is 1. The summed E-state index contributed by atoms with van der Waals surface area (Å²) in [7, 11) is 0. The summed E-state index contributed by atoms with van der Waals surface area (Å²) >= 11 is 0. The van der Waals surface area contributed by atoms with Crippen LogP contribution in [0.3, 0.4) is 0 Å². The average Bonchev–Trinajstić information content (AvgIpc) is 3.20. The maximum absolute atomic E-state index is 12.3. The number of halogens is 3. The van der Waals surface area contributed by atoms with Crippen molar-refractivity contribution in [3.8, 4) is 22.9 Å². The van der Waals surface area contributed by atoms with Gasteiger partial charge in [0.25, 0.3) is 0 Å². The van der Waals surface area contributed by atoms with Gasteiger partial charge in [0.15, 0.2) is 0 Å². The molecule has 0 saturated heterocycles. The number of benzene rings is 2. The van der Waals surface area contributed by atoms with Crippen LogP contribution in [0.2, 0.25) is 0 Å². The van der Waals surface area contributed by atoms with E-state index < -0.39 is 11.3 Å². The first kappa shape index (κ1) is 22.6. The topological polar surface area (TPSA) is 91.5 Å². The van der Waals surface area contributed by atoms with Crippen LogP contribution in [-0.4, -0.2) is 33.0 Å². The maximum Gasteiger partial charge on any atom is 0.573 e. The quantitative estimate of drug-likeness (QED) is 0.405. The van der Waals surface area contributed by atoms with Gasteiger partial charge in [0.05, 0.1) is 6.04 Å². The van der Waals surface area contributed by atoms with Gasteiger partial charge in [-0.1, -0.05) is 43.3 Å². The van der Waals surface area contributed by atoms with E-state index in [1.807, 2.05) is 31.2 Å². The maximum atomic E-state index is 12.3. The fourth-order valence-electron chi connectivity index (χ4n) is 3.72. The number of hydrogen-bond donors (Lipinski definition) is 1. The van der Waals surface area contributed by atoms with Crippen molar-refractivity contribution < 1.29 is 27.6 Å². The van der Waals surface area contributed by atoms with Gasteiger partial charge in [0, 0.05) is 18.1 Å². The van der Waals surface area contributed by atoms with E-state index in [1.54, 1.807) is 16.7 Å². The third kappa shape index (κ3) is 5.43. The first-order valence-electron chi connectivity index (χ1n) is 10.3. The molecule has 1 unspecified atom stereocenters. The molecule has 2 atom stereocenters. The highest BCUT2D eigenvalue weighted by atomic mass is 19.4. The zero-order valence-corrected chi connectivity index (χ0v) is 17.6. The highest BCUT2D eigenvalue weighted by Crippen LogP contribution is 2.28. The van der Waals surface area contributed by atoms with E-state index in [1.165, 1.54) is 18.3 Å². The van der Waals surface area contributed by atoms with E-state index in [0.29, 0.717) is 19.5 Å². The summed E-state index contributed by atoms with van der Waals surface area (Å²) < 4.78 is 48.3. The smallest absolute Gasteiger partial charge is 0.441 e. The molecule has 8 nitrogen and oxygen atoms in total.